The number of anilines is 1. The van der Waals surface area contributed by atoms with Crippen LogP contribution in [0, 0.1) is 12.7 Å². The number of rotatable bonds is 4. The molecule has 1 saturated heterocycles. The molecule has 3 aromatic rings. The van der Waals surface area contributed by atoms with Gasteiger partial charge in [-0.2, -0.15) is 5.10 Å². The van der Waals surface area contributed by atoms with Gasteiger partial charge in [0.2, 0.25) is 0 Å². The van der Waals surface area contributed by atoms with Crippen molar-refractivity contribution < 1.29 is 17.6 Å². The molecule has 1 amide bonds. The van der Waals surface area contributed by atoms with Crippen LogP contribution < -0.4 is 5.32 Å². The van der Waals surface area contributed by atoms with Crippen LogP contribution in [-0.2, 0) is 9.84 Å². The van der Waals surface area contributed by atoms with Gasteiger partial charge in [-0.05, 0) is 43.2 Å². The number of nitrogens with zero attached hydrogens (tertiary/aromatic N) is 2. The van der Waals surface area contributed by atoms with E-state index in [1.54, 1.807) is 16.8 Å². The number of nitrogens with one attached hydrogen (secondary N) is 1. The summed E-state index contributed by atoms with van der Waals surface area (Å²) in [6, 6.07) is 14.7. The summed E-state index contributed by atoms with van der Waals surface area (Å²) in [6.07, 6.45) is 0.452. The molecule has 1 aliphatic heterocycles. The molecular formula is C21H20FN3O3S. The summed E-state index contributed by atoms with van der Waals surface area (Å²) in [6.45, 7) is 1.97. The van der Waals surface area contributed by atoms with E-state index < -0.39 is 21.6 Å². The molecule has 0 radical (unpaired) electrons. The first-order valence-electron chi connectivity index (χ1n) is 9.25. The molecule has 4 rings (SSSR count). The van der Waals surface area contributed by atoms with Crippen LogP contribution in [-0.4, -0.2) is 35.6 Å². The SMILES string of the molecule is Cc1ccc(-c2cc(C(=O)Nc3cccc(F)c3)nn2[C@H]2CCS(=O)(=O)C2)cc1. The van der Waals surface area contributed by atoms with Crippen molar-refractivity contribution in [3.8, 4) is 11.3 Å². The van der Waals surface area contributed by atoms with Crippen molar-refractivity contribution in [1.82, 2.24) is 9.78 Å². The maximum atomic E-state index is 13.4. The largest absolute Gasteiger partial charge is 0.320 e. The van der Waals surface area contributed by atoms with E-state index in [9.17, 15) is 17.6 Å². The van der Waals surface area contributed by atoms with Crippen LogP contribution in [0.15, 0.2) is 54.6 Å². The molecule has 8 heteroatoms. The Morgan fingerprint density at radius 2 is 1.93 bits per heavy atom. The minimum Gasteiger partial charge on any atom is -0.320 e. The summed E-state index contributed by atoms with van der Waals surface area (Å²) >= 11 is 0. The summed E-state index contributed by atoms with van der Waals surface area (Å²) in [5.41, 5.74) is 3.08. The van der Waals surface area contributed by atoms with Crippen molar-refractivity contribution in [2.24, 2.45) is 0 Å². The first-order chi connectivity index (χ1) is 13.8. The molecule has 0 saturated carbocycles. The fraction of sp³-hybridized carbons (Fsp3) is 0.238. The van der Waals surface area contributed by atoms with Crippen molar-refractivity contribution in [3.05, 3.63) is 71.7 Å². The predicted octanol–water partition coefficient (Wildman–Crippen LogP) is 3.61. The maximum absolute atomic E-state index is 13.4. The third kappa shape index (κ3) is 4.22. The van der Waals surface area contributed by atoms with Gasteiger partial charge in [-0.25, -0.2) is 12.8 Å². The summed E-state index contributed by atoms with van der Waals surface area (Å²) in [4.78, 5) is 12.7. The topological polar surface area (TPSA) is 81.1 Å². The highest BCUT2D eigenvalue weighted by molar-refractivity contribution is 7.91. The van der Waals surface area contributed by atoms with Crippen LogP contribution in [0.5, 0.6) is 0 Å². The molecule has 150 valence electrons. The second kappa shape index (κ2) is 7.44. The first kappa shape index (κ1) is 19.3. The average Bonchev–Trinajstić information content (AvgIpc) is 3.26. The van der Waals surface area contributed by atoms with E-state index in [1.807, 2.05) is 31.2 Å². The highest BCUT2D eigenvalue weighted by Crippen LogP contribution is 2.30. The average molecular weight is 413 g/mol. The van der Waals surface area contributed by atoms with E-state index in [-0.39, 0.29) is 23.2 Å². The predicted molar refractivity (Wildman–Crippen MR) is 109 cm³/mol. The highest BCUT2D eigenvalue weighted by Gasteiger charge is 2.32. The third-order valence-corrected chi connectivity index (χ3v) is 6.70. The molecule has 0 unspecified atom stereocenters. The van der Waals surface area contributed by atoms with Crippen LogP contribution in [0.3, 0.4) is 0 Å². The summed E-state index contributed by atoms with van der Waals surface area (Å²) in [5, 5.41) is 7.06. The minimum atomic E-state index is -3.12. The van der Waals surface area contributed by atoms with Crippen molar-refractivity contribution in [2.45, 2.75) is 19.4 Å². The lowest BCUT2D eigenvalue weighted by atomic mass is 10.1. The number of hydrogen-bond acceptors (Lipinski definition) is 4. The third-order valence-electron chi connectivity index (χ3n) is 4.95. The number of carbonyl (C=O) groups excluding carboxylic acids is 1. The van der Waals surface area contributed by atoms with Crippen LogP contribution in [0.2, 0.25) is 0 Å². The van der Waals surface area contributed by atoms with Crippen LogP contribution in [0.4, 0.5) is 10.1 Å². The number of aryl methyl sites for hydroxylation is 1. The van der Waals surface area contributed by atoms with Crippen molar-refractivity contribution in [2.75, 3.05) is 16.8 Å². The number of halogens is 1. The van der Waals surface area contributed by atoms with Crippen molar-refractivity contribution >= 4 is 21.4 Å². The zero-order chi connectivity index (χ0) is 20.6. The normalized spacial score (nSPS) is 17.9. The van der Waals surface area contributed by atoms with E-state index >= 15 is 0 Å². The van der Waals surface area contributed by atoms with Gasteiger partial charge in [-0.3, -0.25) is 9.48 Å². The van der Waals surface area contributed by atoms with Gasteiger partial charge in [-0.15, -0.1) is 0 Å². The molecule has 1 atom stereocenters. The molecule has 0 aliphatic carbocycles. The molecule has 0 bridgehead atoms. The molecule has 2 aromatic carbocycles. The van der Waals surface area contributed by atoms with Gasteiger partial charge in [0.15, 0.2) is 15.5 Å². The molecular weight excluding hydrogens is 393 g/mol. The monoisotopic (exact) mass is 413 g/mol. The van der Waals surface area contributed by atoms with Crippen LogP contribution >= 0.6 is 0 Å². The van der Waals surface area contributed by atoms with Gasteiger partial charge in [0.05, 0.1) is 23.2 Å². The molecule has 1 N–H and O–H groups in total. The lowest BCUT2D eigenvalue weighted by molar-refractivity contribution is 0.102. The van der Waals surface area contributed by atoms with Crippen LogP contribution in [0.25, 0.3) is 11.3 Å². The Labute approximate surface area is 168 Å². The number of benzene rings is 2. The maximum Gasteiger partial charge on any atom is 0.276 e. The van der Waals surface area contributed by atoms with E-state index in [0.29, 0.717) is 17.8 Å². The molecule has 1 aromatic heterocycles. The van der Waals surface area contributed by atoms with Crippen molar-refractivity contribution in [1.29, 1.82) is 0 Å². The lowest BCUT2D eigenvalue weighted by Gasteiger charge is -2.13. The van der Waals surface area contributed by atoms with Crippen LogP contribution in [0.1, 0.15) is 28.5 Å². The van der Waals surface area contributed by atoms with Crippen molar-refractivity contribution in [3.63, 3.8) is 0 Å². The fourth-order valence-corrected chi connectivity index (χ4v) is 5.15. The molecule has 1 aliphatic rings. The fourth-order valence-electron chi connectivity index (χ4n) is 3.45. The highest BCUT2D eigenvalue weighted by atomic mass is 32.2. The van der Waals surface area contributed by atoms with Gasteiger partial charge in [0.1, 0.15) is 5.82 Å². The number of carbonyl (C=O) groups is 1. The standard InChI is InChI=1S/C21H20FN3O3S/c1-14-5-7-15(8-6-14)20-12-19(21(26)23-17-4-2-3-16(22)11-17)24-25(20)18-9-10-29(27,28)13-18/h2-8,11-12,18H,9-10,13H2,1H3,(H,23,26)/t18-/m0/s1. The quantitative estimate of drug-likeness (QED) is 0.709. The Kier molecular flexibility index (Phi) is 4.96. The Balaban J connectivity index is 1.71. The molecule has 0 spiro atoms. The van der Waals surface area contributed by atoms with Gasteiger partial charge in [0.25, 0.3) is 5.91 Å². The molecule has 29 heavy (non-hydrogen) atoms. The molecule has 1 fully saturated rings. The Hall–Kier alpha value is -3.00. The van der Waals surface area contributed by atoms with E-state index in [0.717, 1.165) is 11.1 Å². The summed E-state index contributed by atoms with van der Waals surface area (Å²) < 4.78 is 39.0. The summed E-state index contributed by atoms with van der Waals surface area (Å²) in [5.74, 6) is -0.831. The zero-order valence-corrected chi connectivity index (χ0v) is 16.6. The van der Waals surface area contributed by atoms with E-state index in [2.05, 4.69) is 10.4 Å². The van der Waals surface area contributed by atoms with Gasteiger partial charge < -0.3 is 5.32 Å². The van der Waals surface area contributed by atoms with Gasteiger partial charge in [0, 0.05) is 5.69 Å². The van der Waals surface area contributed by atoms with E-state index in [1.165, 1.54) is 18.2 Å². The van der Waals surface area contributed by atoms with Gasteiger partial charge >= 0.3 is 0 Å². The second-order valence-electron chi connectivity index (χ2n) is 7.25. The number of aromatic nitrogens is 2. The first-order valence-corrected chi connectivity index (χ1v) is 11.1. The summed E-state index contributed by atoms with van der Waals surface area (Å²) in [7, 11) is -3.12. The Morgan fingerprint density at radius 1 is 1.17 bits per heavy atom. The second-order valence-corrected chi connectivity index (χ2v) is 9.48. The van der Waals surface area contributed by atoms with Gasteiger partial charge in [-0.1, -0.05) is 35.9 Å². The number of sulfone groups is 1. The van der Waals surface area contributed by atoms with E-state index in [4.69, 9.17) is 0 Å². The number of hydrogen-bond donors (Lipinski definition) is 1. The smallest absolute Gasteiger partial charge is 0.276 e. The molecule has 2 heterocycles. The molecule has 6 nitrogen and oxygen atoms in total. The lowest BCUT2D eigenvalue weighted by Crippen LogP contribution is -2.16. The Bertz CT molecular complexity index is 1170. The number of amides is 1. The zero-order valence-electron chi connectivity index (χ0n) is 15.8. The Morgan fingerprint density at radius 3 is 2.59 bits per heavy atom. The minimum absolute atomic E-state index is 0.00149.